The van der Waals surface area contributed by atoms with E-state index < -0.39 is 0 Å². The van der Waals surface area contributed by atoms with Crippen molar-refractivity contribution in [1.29, 1.82) is 0 Å². The molecule has 2 nitrogen and oxygen atoms in total. The summed E-state index contributed by atoms with van der Waals surface area (Å²) >= 11 is 0. The van der Waals surface area contributed by atoms with Crippen molar-refractivity contribution < 1.29 is 9.18 Å². The highest BCUT2D eigenvalue weighted by Gasteiger charge is 2.23. The fraction of sp³-hybridized carbons (Fsp3) is 0.188. The molecule has 1 saturated carbocycles. The summed E-state index contributed by atoms with van der Waals surface area (Å²) in [5.74, 6) is -0.294. The quantitative estimate of drug-likeness (QED) is 0.895. The third-order valence-electron chi connectivity index (χ3n) is 3.21. The molecule has 0 heterocycles. The van der Waals surface area contributed by atoms with Gasteiger partial charge in [-0.2, -0.15) is 0 Å². The van der Waals surface area contributed by atoms with E-state index in [9.17, 15) is 9.18 Å². The van der Waals surface area contributed by atoms with Gasteiger partial charge >= 0.3 is 0 Å². The second kappa shape index (κ2) is 4.84. The predicted octanol–water partition coefficient (Wildman–Crippen LogP) is 3.38. The van der Waals surface area contributed by atoms with Crippen LogP contribution in [-0.4, -0.2) is 11.9 Å². The lowest BCUT2D eigenvalue weighted by Gasteiger charge is -2.06. The Kier molecular flexibility index (Phi) is 3.03. The van der Waals surface area contributed by atoms with Gasteiger partial charge in [-0.25, -0.2) is 4.39 Å². The molecule has 0 aromatic heterocycles. The molecule has 0 radical (unpaired) electrons. The Morgan fingerprint density at radius 1 is 1.05 bits per heavy atom. The molecule has 0 atom stereocenters. The molecule has 1 amide bonds. The minimum atomic E-state index is -0.258. The molecule has 3 rings (SSSR count). The Balaban J connectivity index is 1.86. The molecular weight excluding hydrogens is 241 g/mol. The second-order valence-electron chi connectivity index (χ2n) is 4.84. The molecule has 2 aromatic rings. The van der Waals surface area contributed by atoms with Crippen LogP contribution in [-0.2, 0) is 0 Å². The highest BCUT2D eigenvalue weighted by molar-refractivity contribution is 5.95. The summed E-state index contributed by atoms with van der Waals surface area (Å²) in [6.07, 6.45) is 2.15. The lowest BCUT2D eigenvalue weighted by atomic mass is 10.0. The predicted molar refractivity (Wildman–Crippen MR) is 72.3 cm³/mol. The summed E-state index contributed by atoms with van der Waals surface area (Å²) in [6, 6.07) is 14.0. The fourth-order valence-corrected chi connectivity index (χ4v) is 1.98. The van der Waals surface area contributed by atoms with E-state index in [-0.39, 0.29) is 11.7 Å². The Labute approximate surface area is 111 Å². The zero-order valence-electron chi connectivity index (χ0n) is 10.4. The average Bonchev–Trinajstić information content (AvgIpc) is 3.24. The van der Waals surface area contributed by atoms with Gasteiger partial charge in [-0.1, -0.05) is 24.3 Å². The van der Waals surface area contributed by atoms with Crippen molar-refractivity contribution in [3.05, 3.63) is 59.9 Å². The number of carbonyl (C=O) groups excluding carboxylic acids is 1. The molecule has 1 fully saturated rings. The van der Waals surface area contributed by atoms with E-state index in [0.717, 1.165) is 24.0 Å². The number of amides is 1. The Morgan fingerprint density at radius 2 is 1.79 bits per heavy atom. The van der Waals surface area contributed by atoms with Crippen molar-refractivity contribution in [2.24, 2.45) is 0 Å². The number of hydrogen-bond acceptors (Lipinski definition) is 1. The van der Waals surface area contributed by atoms with Crippen LogP contribution < -0.4 is 5.32 Å². The SMILES string of the molecule is O=C(NC1CC1)c1cccc(-c2ccc(F)cc2)c1. The Morgan fingerprint density at radius 3 is 2.47 bits per heavy atom. The molecule has 96 valence electrons. The highest BCUT2D eigenvalue weighted by atomic mass is 19.1. The van der Waals surface area contributed by atoms with Crippen LogP contribution in [0.1, 0.15) is 23.2 Å². The van der Waals surface area contributed by atoms with Crippen molar-refractivity contribution in [3.8, 4) is 11.1 Å². The minimum Gasteiger partial charge on any atom is -0.349 e. The maximum absolute atomic E-state index is 12.9. The van der Waals surface area contributed by atoms with Crippen LogP contribution in [0.3, 0.4) is 0 Å². The summed E-state index contributed by atoms with van der Waals surface area (Å²) in [5, 5.41) is 2.96. The van der Waals surface area contributed by atoms with E-state index in [1.165, 1.54) is 12.1 Å². The molecule has 0 unspecified atom stereocenters. The van der Waals surface area contributed by atoms with Crippen LogP contribution in [0.15, 0.2) is 48.5 Å². The van der Waals surface area contributed by atoms with Crippen LogP contribution in [0, 0.1) is 5.82 Å². The first-order valence-corrected chi connectivity index (χ1v) is 6.39. The van der Waals surface area contributed by atoms with Gasteiger partial charge < -0.3 is 5.32 Å². The zero-order valence-corrected chi connectivity index (χ0v) is 10.4. The number of nitrogens with one attached hydrogen (secondary N) is 1. The standard InChI is InChI=1S/C16H14FNO/c17-14-6-4-11(5-7-14)12-2-1-3-13(10-12)16(19)18-15-8-9-15/h1-7,10,15H,8-9H2,(H,18,19). The number of rotatable bonds is 3. The third-order valence-corrected chi connectivity index (χ3v) is 3.21. The van der Waals surface area contributed by atoms with Crippen LogP contribution in [0.5, 0.6) is 0 Å². The molecule has 1 aliphatic carbocycles. The summed E-state index contributed by atoms with van der Waals surface area (Å²) in [7, 11) is 0. The smallest absolute Gasteiger partial charge is 0.251 e. The van der Waals surface area contributed by atoms with Gasteiger partial charge in [0.05, 0.1) is 0 Å². The summed E-state index contributed by atoms with van der Waals surface area (Å²) in [6.45, 7) is 0. The van der Waals surface area contributed by atoms with Crippen LogP contribution in [0.2, 0.25) is 0 Å². The van der Waals surface area contributed by atoms with Gasteiger partial charge in [0.2, 0.25) is 0 Å². The van der Waals surface area contributed by atoms with Crippen LogP contribution in [0.4, 0.5) is 4.39 Å². The summed E-state index contributed by atoms with van der Waals surface area (Å²) in [4.78, 5) is 12.0. The Bertz CT molecular complexity index is 602. The number of hydrogen-bond donors (Lipinski definition) is 1. The van der Waals surface area contributed by atoms with Gasteiger partial charge in [0.1, 0.15) is 5.82 Å². The van der Waals surface area contributed by atoms with E-state index in [4.69, 9.17) is 0 Å². The minimum absolute atomic E-state index is 0.0357. The summed E-state index contributed by atoms with van der Waals surface area (Å²) in [5.41, 5.74) is 2.47. The molecule has 0 spiro atoms. The Hall–Kier alpha value is -2.16. The second-order valence-corrected chi connectivity index (χ2v) is 4.84. The fourth-order valence-electron chi connectivity index (χ4n) is 1.98. The van der Waals surface area contributed by atoms with Gasteiger partial charge in [-0.3, -0.25) is 4.79 Å². The molecular formula is C16H14FNO. The highest BCUT2D eigenvalue weighted by Crippen LogP contribution is 2.22. The monoisotopic (exact) mass is 255 g/mol. The van der Waals surface area contributed by atoms with Crippen LogP contribution in [0.25, 0.3) is 11.1 Å². The van der Waals surface area contributed by atoms with Crippen molar-refractivity contribution in [1.82, 2.24) is 5.32 Å². The maximum atomic E-state index is 12.9. The first-order valence-electron chi connectivity index (χ1n) is 6.39. The van der Waals surface area contributed by atoms with E-state index in [2.05, 4.69) is 5.32 Å². The molecule has 0 bridgehead atoms. The molecule has 3 heteroatoms. The van der Waals surface area contributed by atoms with E-state index >= 15 is 0 Å². The van der Waals surface area contributed by atoms with Crippen LogP contribution >= 0.6 is 0 Å². The molecule has 19 heavy (non-hydrogen) atoms. The number of benzene rings is 2. The molecule has 1 N–H and O–H groups in total. The molecule has 0 aliphatic heterocycles. The normalized spacial score (nSPS) is 14.2. The summed E-state index contributed by atoms with van der Waals surface area (Å²) < 4.78 is 12.9. The van der Waals surface area contributed by atoms with Gasteiger partial charge in [0, 0.05) is 11.6 Å². The van der Waals surface area contributed by atoms with Gasteiger partial charge in [-0.15, -0.1) is 0 Å². The van der Waals surface area contributed by atoms with Gasteiger partial charge in [0.15, 0.2) is 0 Å². The van der Waals surface area contributed by atoms with Crippen molar-refractivity contribution in [2.75, 3.05) is 0 Å². The van der Waals surface area contributed by atoms with Crippen molar-refractivity contribution >= 4 is 5.91 Å². The number of carbonyl (C=O) groups is 1. The third kappa shape index (κ3) is 2.81. The molecule has 2 aromatic carbocycles. The first kappa shape index (κ1) is 11.9. The lowest BCUT2D eigenvalue weighted by Crippen LogP contribution is -2.25. The van der Waals surface area contributed by atoms with Gasteiger partial charge in [0.25, 0.3) is 5.91 Å². The van der Waals surface area contributed by atoms with Gasteiger partial charge in [-0.05, 0) is 48.2 Å². The van der Waals surface area contributed by atoms with E-state index in [0.29, 0.717) is 11.6 Å². The largest absolute Gasteiger partial charge is 0.349 e. The first-order chi connectivity index (χ1) is 9.22. The average molecular weight is 255 g/mol. The van der Waals surface area contributed by atoms with E-state index in [1.54, 1.807) is 18.2 Å². The lowest BCUT2D eigenvalue weighted by molar-refractivity contribution is 0.0951. The topological polar surface area (TPSA) is 29.1 Å². The van der Waals surface area contributed by atoms with Crippen molar-refractivity contribution in [3.63, 3.8) is 0 Å². The maximum Gasteiger partial charge on any atom is 0.251 e. The molecule has 1 aliphatic rings. The zero-order chi connectivity index (χ0) is 13.2. The van der Waals surface area contributed by atoms with Crippen molar-refractivity contribution in [2.45, 2.75) is 18.9 Å². The van der Waals surface area contributed by atoms with E-state index in [1.807, 2.05) is 18.2 Å². The molecule has 0 saturated heterocycles. The number of halogens is 1.